The van der Waals surface area contributed by atoms with Crippen LogP contribution in [0.1, 0.15) is 37.3 Å². The van der Waals surface area contributed by atoms with E-state index in [4.69, 9.17) is 17.3 Å². The summed E-state index contributed by atoms with van der Waals surface area (Å²) in [6.07, 6.45) is 2.13. The molecular formula is C17H16F2O3S2. The Kier molecular flexibility index (Phi) is 5.87. The topological polar surface area (TPSA) is 54.4 Å². The van der Waals surface area contributed by atoms with Gasteiger partial charge in [0.2, 0.25) is 0 Å². The molecule has 0 saturated carbocycles. The molecule has 1 atom stereocenters. The minimum absolute atomic E-state index is 0.0268. The summed E-state index contributed by atoms with van der Waals surface area (Å²) >= 11 is 6.31. The van der Waals surface area contributed by atoms with Crippen LogP contribution in [0.25, 0.3) is 6.08 Å². The van der Waals surface area contributed by atoms with Gasteiger partial charge >= 0.3 is 5.97 Å². The Morgan fingerprint density at radius 2 is 2.08 bits per heavy atom. The molecule has 1 aliphatic rings. The standard InChI is InChI=1S/C17H16F2O3S2/c1-17(18,19)12-7-3-2-5-10(12)9-13-15(22)11(16(23)24-13)6-4-8-14(20)21/h2-3,5,7,9,11H,4,6,8H2,1H3,(H,20,21)/b13-9-. The van der Waals surface area contributed by atoms with Gasteiger partial charge in [-0.25, -0.2) is 8.78 Å². The van der Waals surface area contributed by atoms with Crippen LogP contribution in [-0.4, -0.2) is 21.1 Å². The summed E-state index contributed by atoms with van der Waals surface area (Å²) in [6.45, 7) is 0.813. The lowest BCUT2D eigenvalue weighted by atomic mass is 9.97. The van der Waals surface area contributed by atoms with E-state index >= 15 is 0 Å². The lowest BCUT2D eigenvalue weighted by Crippen LogP contribution is -2.14. The lowest BCUT2D eigenvalue weighted by Gasteiger charge is -2.13. The number of rotatable bonds is 6. The summed E-state index contributed by atoms with van der Waals surface area (Å²) in [6, 6.07) is 6.03. The van der Waals surface area contributed by atoms with E-state index < -0.39 is 17.8 Å². The smallest absolute Gasteiger partial charge is 0.303 e. The van der Waals surface area contributed by atoms with Crippen LogP contribution < -0.4 is 0 Å². The minimum Gasteiger partial charge on any atom is -0.481 e. The van der Waals surface area contributed by atoms with Crippen molar-refractivity contribution < 1.29 is 23.5 Å². The van der Waals surface area contributed by atoms with Crippen molar-refractivity contribution in [3.8, 4) is 0 Å². The second-order valence-electron chi connectivity index (χ2n) is 5.61. The van der Waals surface area contributed by atoms with Crippen LogP contribution in [-0.2, 0) is 15.5 Å². The highest BCUT2D eigenvalue weighted by atomic mass is 32.2. The van der Waals surface area contributed by atoms with Gasteiger partial charge < -0.3 is 5.11 Å². The number of thiocarbonyl (C=S) groups is 1. The first-order valence-corrected chi connectivity index (χ1v) is 8.59. The normalized spacial score (nSPS) is 20.0. The maximum Gasteiger partial charge on any atom is 0.303 e. The Morgan fingerprint density at radius 3 is 2.71 bits per heavy atom. The summed E-state index contributed by atoms with van der Waals surface area (Å²) in [5.74, 6) is -4.68. The third-order valence-electron chi connectivity index (χ3n) is 3.66. The van der Waals surface area contributed by atoms with E-state index in [1.807, 2.05) is 0 Å². The van der Waals surface area contributed by atoms with E-state index in [2.05, 4.69) is 0 Å². The largest absolute Gasteiger partial charge is 0.481 e. The first-order chi connectivity index (χ1) is 11.2. The van der Waals surface area contributed by atoms with E-state index in [1.54, 1.807) is 6.07 Å². The molecule has 1 unspecified atom stereocenters. The van der Waals surface area contributed by atoms with Crippen LogP contribution >= 0.6 is 24.0 Å². The quantitative estimate of drug-likeness (QED) is 0.583. The van der Waals surface area contributed by atoms with Crippen LogP contribution in [0, 0.1) is 5.92 Å². The summed E-state index contributed by atoms with van der Waals surface area (Å²) in [5, 5.41) is 8.67. The molecule has 0 radical (unpaired) electrons. The van der Waals surface area contributed by atoms with Crippen LogP contribution in [0.2, 0.25) is 0 Å². The molecule has 2 rings (SSSR count). The number of carbonyl (C=O) groups is 2. The Labute approximate surface area is 148 Å². The van der Waals surface area contributed by atoms with Crippen molar-refractivity contribution in [3.05, 3.63) is 40.3 Å². The summed E-state index contributed by atoms with van der Waals surface area (Å²) < 4.78 is 27.8. The fourth-order valence-corrected chi connectivity index (χ4v) is 3.99. The molecule has 1 fully saturated rings. The second-order valence-corrected chi connectivity index (χ2v) is 7.39. The SMILES string of the molecule is CC(F)(F)c1ccccc1/C=C1\SC(=S)C(CCCC(=O)O)C1=O. The molecule has 0 aromatic heterocycles. The molecule has 0 amide bonds. The molecule has 1 saturated heterocycles. The van der Waals surface area contributed by atoms with E-state index in [1.165, 1.54) is 24.3 Å². The number of benzene rings is 1. The number of allylic oxidation sites excluding steroid dienone is 1. The average Bonchev–Trinajstić information content (AvgIpc) is 2.74. The van der Waals surface area contributed by atoms with Gasteiger partial charge in [0.15, 0.2) is 5.78 Å². The second kappa shape index (κ2) is 7.53. The fourth-order valence-electron chi connectivity index (χ4n) is 2.48. The average molecular weight is 370 g/mol. The minimum atomic E-state index is -3.01. The number of Topliss-reactive ketones (excluding diaryl/α,β-unsaturated/α-hetero) is 1. The number of carboxylic acids is 1. The van der Waals surface area contributed by atoms with Gasteiger partial charge in [-0.05, 0) is 24.5 Å². The molecule has 1 aliphatic heterocycles. The number of thioether (sulfide) groups is 1. The number of carboxylic acid groups (broad SMARTS) is 1. The van der Waals surface area contributed by atoms with Gasteiger partial charge in [0.25, 0.3) is 5.92 Å². The van der Waals surface area contributed by atoms with Gasteiger partial charge in [-0.2, -0.15) is 0 Å². The zero-order valence-electron chi connectivity index (χ0n) is 12.9. The zero-order chi connectivity index (χ0) is 17.9. The van der Waals surface area contributed by atoms with E-state index in [-0.39, 0.29) is 23.3 Å². The van der Waals surface area contributed by atoms with Crippen LogP contribution in [0.15, 0.2) is 29.2 Å². The number of hydrogen-bond acceptors (Lipinski definition) is 4. The highest BCUT2D eigenvalue weighted by Crippen LogP contribution is 2.40. The molecular weight excluding hydrogens is 354 g/mol. The Balaban J connectivity index is 2.22. The van der Waals surface area contributed by atoms with Gasteiger partial charge in [0, 0.05) is 18.9 Å². The van der Waals surface area contributed by atoms with Crippen LogP contribution in [0.4, 0.5) is 8.78 Å². The third-order valence-corrected chi connectivity index (χ3v) is 5.22. The van der Waals surface area contributed by atoms with E-state index in [0.29, 0.717) is 21.9 Å². The highest BCUT2D eigenvalue weighted by molar-refractivity contribution is 8.27. The number of hydrogen-bond donors (Lipinski definition) is 1. The molecule has 7 heteroatoms. The Morgan fingerprint density at radius 1 is 1.42 bits per heavy atom. The number of halogens is 2. The molecule has 1 aromatic carbocycles. The molecule has 0 bridgehead atoms. The molecule has 1 N–H and O–H groups in total. The first-order valence-electron chi connectivity index (χ1n) is 7.37. The van der Waals surface area contributed by atoms with Crippen molar-refractivity contribution in [2.75, 3.05) is 0 Å². The zero-order valence-corrected chi connectivity index (χ0v) is 14.6. The third kappa shape index (κ3) is 4.48. The van der Waals surface area contributed by atoms with E-state index in [9.17, 15) is 18.4 Å². The summed E-state index contributed by atoms with van der Waals surface area (Å²) in [4.78, 5) is 23.3. The fraction of sp³-hybridized carbons (Fsp3) is 0.353. The molecule has 1 aromatic rings. The van der Waals surface area contributed by atoms with Crippen molar-refractivity contribution in [2.24, 2.45) is 5.92 Å². The molecule has 24 heavy (non-hydrogen) atoms. The van der Waals surface area contributed by atoms with Gasteiger partial charge in [0.1, 0.15) is 0 Å². The molecule has 0 aliphatic carbocycles. The van der Waals surface area contributed by atoms with Crippen LogP contribution in [0.3, 0.4) is 0 Å². The molecule has 0 spiro atoms. The molecule has 128 valence electrons. The predicted molar refractivity (Wildman–Crippen MR) is 94.2 cm³/mol. The summed E-state index contributed by atoms with van der Waals surface area (Å²) in [7, 11) is 0. The first kappa shape index (κ1) is 18.7. The maximum absolute atomic E-state index is 13.7. The van der Waals surface area contributed by atoms with Crippen molar-refractivity contribution in [2.45, 2.75) is 32.1 Å². The molecule has 1 heterocycles. The van der Waals surface area contributed by atoms with Gasteiger partial charge in [-0.15, -0.1) is 0 Å². The van der Waals surface area contributed by atoms with Crippen molar-refractivity contribution in [3.63, 3.8) is 0 Å². The van der Waals surface area contributed by atoms with Crippen molar-refractivity contribution in [1.29, 1.82) is 0 Å². The van der Waals surface area contributed by atoms with E-state index in [0.717, 1.165) is 18.7 Å². The van der Waals surface area contributed by atoms with Gasteiger partial charge in [-0.1, -0.05) is 48.2 Å². The van der Waals surface area contributed by atoms with Gasteiger partial charge in [0.05, 0.1) is 15.0 Å². The maximum atomic E-state index is 13.7. The summed E-state index contributed by atoms with van der Waals surface area (Å²) in [5.41, 5.74) is 0.140. The number of aliphatic carboxylic acids is 1. The highest BCUT2D eigenvalue weighted by Gasteiger charge is 2.35. The Bertz CT molecular complexity index is 708. The van der Waals surface area contributed by atoms with Crippen LogP contribution in [0.5, 0.6) is 0 Å². The van der Waals surface area contributed by atoms with Gasteiger partial charge in [-0.3, -0.25) is 9.59 Å². The molecule has 3 nitrogen and oxygen atoms in total. The number of ketones is 1. The number of carbonyl (C=O) groups excluding carboxylic acids is 1. The number of alkyl halides is 2. The van der Waals surface area contributed by atoms with Crippen molar-refractivity contribution in [1.82, 2.24) is 0 Å². The lowest BCUT2D eigenvalue weighted by molar-refractivity contribution is -0.137. The monoisotopic (exact) mass is 370 g/mol. The Hall–Kier alpha value is -1.60. The van der Waals surface area contributed by atoms with Crippen molar-refractivity contribution >= 4 is 46.0 Å². The predicted octanol–water partition coefficient (Wildman–Crippen LogP) is 4.65.